The Morgan fingerprint density at radius 3 is 2.45 bits per heavy atom. The Bertz CT molecular complexity index is 1310. The molecule has 0 spiro atoms. The summed E-state index contributed by atoms with van der Waals surface area (Å²) in [4.78, 5) is 15.0. The average molecular weight is 379 g/mol. The Morgan fingerprint density at radius 2 is 1.66 bits per heavy atom. The molecular weight excluding hydrogens is 362 g/mol. The van der Waals surface area contributed by atoms with Crippen LogP contribution in [0.1, 0.15) is 11.1 Å². The van der Waals surface area contributed by atoms with E-state index in [0.29, 0.717) is 22.8 Å². The third kappa shape index (κ3) is 3.62. The third-order valence-electron chi connectivity index (χ3n) is 4.61. The normalized spacial score (nSPS) is 10.9. The maximum atomic E-state index is 12.3. The number of aromatic amines is 1. The number of azo groups is 1. The Morgan fingerprint density at radius 1 is 0.931 bits per heavy atom. The van der Waals surface area contributed by atoms with E-state index in [2.05, 4.69) is 20.5 Å². The Hall–Kier alpha value is -4.24. The standard InChI is InChI=1S/C23H17N5O/c1-15-19(14-24)23(29)26-22(25-17-10-3-2-4-11-17)21(15)28-27-20-13-7-9-16-8-5-6-12-18(16)20/h2-13H,1H3,(H2,25,26,29). The number of nitrogens with one attached hydrogen (secondary N) is 2. The highest BCUT2D eigenvalue weighted by Crippen LogP contribution is 2.33. The number of hydrogen-bond donors (Lipinski definition) is 2. The van der Waals surface area contributed by atoms with Gasteiger partial charge in [-0.3, -0.25) is 4.79 Å². The fourth-order valence-corrected chi connectivity index (χ4v) is 3.13. The number of hydrogen-bond acceptors (Lipinski definition) is 5. The van der Waals surface area contributed by atoms with E-state index in [1.807, 2.05) is 78.9 Å². The van der Waals surface area contributed by atoms with Crippen molar-refractivity contribution in [1.29, 1.82) is 5.26 Å². The SMILES string of the molecule is Cc1c(N=Nc2cccc3ccccc23)c(Nc2ccccc2)[nH]c(=O)c1C#N. The first-order valence-corrected chi connectivity index (χ1v) is 9.06. The molecule has 140 valence electrons. The first-order valence-electron chi connectivity index (χ1n) is 9.06. The van der Waals surface area contributed by atoms with Crippen LogP contribution in [0.25, 0.3) is 10.8 Å². The number of pyridine rings is 1. The average Bonchev–Trinajstić information content (AvgIpc) is 2.74. The van der Waals surface area contributed by atoms with Crippen molar-refractivity contribution >= 4 is 33.7 Å². The predicted molar refractivity (Wildman–Crippen MR) is 114 cm³/mol. The molecule has 2 N–H and O–H groups in total. The highest BCUT2D eigenvalue weighted by Gasteiger charge is 2.15. The summed E-state index contributed by atoms with van der Waals surface area (Å²) in [6.07, 6.45) is 0. The molecule has 4 rings (SSSR count). The van der Waals surface area contributed by atoms with E-state index < -0.39 is 5.56 Å². The second kappa shape index (κ2) is 7.79. The van der Waals surface area contributed by atoms with Gasteiger partial charge in [0.15, 0.2) is 0 Å². The topological polar surface area (TPSA) is 93.4 Å². The quantitative estimate of drug-likeness (QED) is 0.434. The molecule has 0 unspecified atom stereocenters. The number of rotatable bonds is 4. The molecule has 0 aliphatic carbocycles. The van der Waals surface area contributed by atoms with Crippen LogP contribution in [0.4, 0.5) is 22.9 Å². The molecular formula is C23H17N5O. The van der Waals surface area contributed by atoms with Crippen LogP contribution in [-0.2, 0) is 0 Å². The zero-order chi connectivity index (χ0) is 20.2. The number of nitrogens with zero attached hydrogens (tertiary/aromatic N) is 3. The molecule has 6 heteroatoms. The van der Waals surface area contributed by atoms with Crippen LogP contribution in [-0.4, -0.2) is 4.98 Å². The zero-order valence-corrected chi connectivity index (χ0v) is 15.7. The molecule has 0 radical (unpaired) electrons. The summed E-state index contributed by atoms with van der Waals surface area (Å²) < 4.78 is 0. The molecule has 3 aromatic carbocycles. The predicted octanol–water partition coefficient (Wildman–Crippen LogP) is 5.87. The summed E-state index contributed by atoms with van der Waals surface area (Å²) in [6.45, 7) is 1.70. The summed E-state index contributed by atoms with van der Waals surface area (Å²) in [5.74, 6) is 0.390. The van der Waals surface area contributed by atoms with Gasteiger partial charge in [-0.25, -0.2) is 0 Å². The van der Waals surface area contributed by atoms with Gasteiger partial charge in [-0.1, -0.05) is 54.6 Å². The lowest BCUT2D eigenvalue weighted by Gasteiger charge is -2.11. The number of fused-ring (bicyclic) bond motifs is 1. The minimum absolute atomic E-state index is 0.0236. The van der Waals surface area contributed by atoms with Crippen LogP contribution >= 0.6 is 0 Å². The van der Waals surface area contributed by atoms with Gasteiger partial charge < -0.3 is 10.3 Å². The van der Waals surface area contributed by atoms with Crippen LogP contribution in [0.15, 0.2) is 87.8 Å². The van der Waals surface area contributed by atoms with Crippen molar-refractivity contribution in [2.24, 2.45) is 10.2 Å². The molecule has 0 fully saturated rings. The molecule has 0 atom stereocenters. The number of H-pyrrole nitrogens is 1. The van der Waals surface area contributed by atoms with Crippen molar-refractivity contribution in [2.45, 2.75) is 6.92 Å². The summed E-state index contributed by atoms with van der Waals surface area (Å²) in [5.41, 5.74) is 1.94. The number of anilines is 2. The van der Waals surface area contributed by atoms with Gasteiger partial charge in [0, 0.05) is 16.6 Å². The van der Waals surface area contributed by atoms with E-state index in [4.69, 9.17) is 0 Å². The molecule has 29 heavy (non-hydrogen) atoms. The van der Waals surface area contributed by atoms with E-state index in [1.54, 1.807) is 6.92 Å². The van der Waals surface area contributed by atoms with Gasteiger partial charge in [-0.15, -0.1) is 10.2 Å². The van der Waals surface area contributed by atoms with E-state index in [-0.39, 0.29) is 5.56 Å². The van der Waals surface area contributed by atoms with Crippen molar-refractivity contribution in [3.05, 3.63) is 94.3 Å². The molecule has 0 amide bonds. The number of nitriles is 1. The van der Waals surface area contributed by atoms with Gasteiger partial charge in [0.1, 0.15) is 23.1 Å². The summed E-state index contributed by atoms with van der Waals surface area (Å²) in [7, 11) is 0. The minimum atomic E-state index is -0.465. The van der Waals surface area contributed by atoms with Crippen molar-refractivity contribution in [2.75, 3.05) is 5.32 Å². The second-order valence-electron chi connectivity index (χ2n) is 6.48. The van der Waals surface area contributed by atoms with Crippen LogP contribution in [0.3, 0.4) is 0 Å². The number of aromatic nitrogens is 1. The van der Waals surface area contributed by atoms with E-state index >= 15 is 0 Å². The Kier molecular flexibility index (Phi) is 4.87. The van der Waals surface area contributed by atoms with Crippen molar-refractivity contribution in [1.82, 2.24) is 4.98 Å². The second-order valence-corrected chi connectivity index (χ2v) is 6.48. The van der Waals surface area contributed by atoms with Crippen molar-refractivity contribution in [3.63, 3.8) is 0 Å². The summed E-state index contributed by atoms with van der Waals surface area (Å²) in [5, 5.41) is 23.4. The van der Waals surface area contributed by atoms with Gasteiger partial charge in [0.25, 0.3) is 5.56 Å². The third-order valence-corrected chi connectivity index (χ3v) is 4.61. The Labute approximate surface area is 167 Å². The molecule has 6 nitrogen and oxygen atoms in total. The summed E-state index contributed by atoms with van der Waals surface area (Å²) >= 11 is 0. The van der Waals surface area contributed by atoms with E-state index in [1.165, 1.54) is 0 Å². The van der Waals surface area contributed by atoms with Gasteiger partial charge in [0.2, 0.25) is 0 Å². The molecule has 4 aromatic rings. The fraction of sp³-hybridized carbons (Fsp3) is 0.0435. The van der Waals surface area contributed by atoms with E-state index in [9.17, 15) is 10.1 Å². The monoisotopic (exact) mass is 379 g/mol. The molecule has 1 aromatic heterocycles. The Balaban J connectivity index is 1.84. The highest BCUT2D eigenvalue weighted by atomic mass is 16.1. The lowest BCUT2D eigenvalue weighted by atomic mass is 10.1. The number of benzene rings is 3. The molecule has 0 saturated heterocycles. The van der Waals surface area contributed by atoms with Crippen molar-refractivity contribution in [3.8, 4) is 6.07 Å². The van der Waals surface area contributed by atoms with E-state index in [0.717, 1.165) is 16.5 Å². The molecule has 0 saturated carbocycles. The lowest BCUT2D eigenvalue weighted by molar-refractivity contribution is 1.13. The van der Waals surface area contributed by atoms with Gasteiger partial charge in [-0.2, -0.15) is 5.26 Å². The maximum Gasteiger partial charge on any atom is 0.267 e. The minimum Gasteiger partial charge on any atom is -0.340 e. The highest BCUT2D eigenvalue weighted by molar-refractivity contribution is 5.92. The first kappa shape index (κ1) is 18.1. The van der Waals surface area contributed by atoms with Crippen molar-refractivity contribution < 1.29 is 0 Å². The summed E-state index contributed by atoms with van der Waals surface area (Å²) in [6, 6.07) is 25.1. The van der Waals surface area contributed by atoms with Crippen LogP contribution in [0.5, 0.6) is 0 Å². The van der Waals surface area contributed by atoms with Gasteiger partial charge in [0.05, 0.1) is 5.69 Å². The van der Waals surface area contributed by atoms with Gasteiger partial charge in [-0.05, 0) is 30.5 Å². The first-order chi connectivity index (χ1) is 14.2. The van der Waals surface area contributed by atoms with Crippen LogP contribution < -0.4 is 10.9 Å². The molecule has 1 heterocycles. The lowest BCUT2D eigenvalue weighted by Crippen LogP contribution is -2.14. The van der Waals surface area contributed by atoms with Crippen LogP contribution in [0.2, 0.25) is 0 Å². The largest absolute Gasteiger partial charge is 0.340 e. The molecule has 0 aliphatic heterocycles. The van der Waals surface area contributed by atoms with Crippen LogP contribution in [0, 0.1) is 18.3 Å². The maximum absolute atomic E-state index is 12.3. The molecule has 0 bridgehead atoms. The zero-order valence-electron chi connectivity index (χ0n) is 15.7. The fourth-order valence-electron chi connectivity index (χ4n) is 3.13. The van der Waals surface area contributed by atoms with Gasteiger partial charge >= 0.3 is 0 Å². The molecule has 0 aliphatic rings. The smallest absolute Gasteiger partial charge is 0.267 e. The number of para-hydroxylation sites is 1.